The topological polar surface area (TPSA) is 109 Å². The Hall–Kier alpha value is -1.88. The first-order chi connectivity index (χ1) is 14.3. The molecule has 1 unspecified atom stereocenters. The molecule has 1 atom stereocenters. The van der Waals surface area contributed by atoms with E-state index in [1.165, 1.54) is 36.0 Å². The molecule has 2 aromatic rings. The summed E-state index contributed by atoms with van der Waals surface area (Å²) in [4.78, 5) is 12.9. The number of hydrogen-bond donors (Lipinski definition) is 2. The highest BCUT2D eigenvalue weighted by molar-refractivity contribution is 7.98. The fourth-order valence-corrected chi connectivity index (χ4v) is 5.73. The number of benzene rings is 2. The summed E-state index contributed by atoms with van der Waals surface area (Å²) in [6, 6.07) is 15.0. The summed E-state index contributed by atoms with van der Waals surface area (Å²) < 4.78 is 52.1. The van der Waals surface area contributed by atoms with Gasteiger partial charge in [0, 0.05) is 6.54 Å². The van der Waals surface area contributed by atoms with E-state index in [1.807, 2.05) is 6.26 Å². The Morgan fingerprint density at radius 3 is 2.07 bits per heavy atom. The van der Waals surface area contributed by atoms with Gasteiger partial charge in [0.1, 0.15) is 6.04 Å². The van der Waals surface area contributed by atoms with Gasteiger partial charge in [-0.15, -0.1) is 0 Å². The Kier molecular flexibility index (Phi) is 9.35. The van der Waals surface area contributed by atoms with E-state index in [0.29, 0.717) is 12.2 Å². The number of amides is 1. The number of hydrogen-bond acceptors (Lipinski definition) is 6. The van der Waals surface area contributed by atoms with Crippen LogP contribution in [0.2, 0.25) is 0 Å². The van der Waals surface area contributed by atoms with Crippen LogP contribution >= 0.6 is 11.8 Å². The maximum absolute atomic E-state index is 12.6. The first kappa shape index (κ1) is 24.4. The van der Waals surface area contributed by atoms with E-state index >= 15 is 0 Å². The number of nitrogens with one attached hydrogen (secondary N) is 2. The van der Waals surface area contributed by atoms with Crippen molar-refractivity contribution in [3.05, 3.63) is 60.7 Å². The van der Waals surface area contributed by atoms with Crippen molar-refractivity contribution in [2.75, 3.05) is 24.3 Å². The lowest BCUT2D eigenvalue weighted by molar-refractivity contribution is -0.122. The van der Waals surface area contributed by atoms with Gasteiger partial charge in [-0.25, -0.2) is 16.8 Å². The van der Waals surface area contributed by atoms with Crippen LogP contribution in [0.3, 0.4) is 0 Å². The zero-order chi connectivity index (χ0) is 22.0. The molecule has 0 heterocycles. The zero-order valence-electron chi connectivity index (χ0n) is 16.7. The average Bonchev–Trinajstić information content (AvgIpc) is 2.75. The summed E-state index contributed by atoms with van der Waals surface area (Å²) in [5.74, 6) is 0.0148. The third kappa shape index (κ3) is 7.42. The molecule has 1 amide bonds. The van der Waals surface area contributed by atoms with Crippen LogP contribution in [0.4, 0.5) is 0 Å². The molecule has 2 aromatic carbocycles. The average molecular weight is 471 g/mol. The van der Waals surface area contributed by atoms with Crippen molar-refractivity contribution in [1.82, 2.24) is 10.0 Å². The lowest BCUT2D eigenvalue weighted by Crippen LogP contribution is -2.47. The summed E-state index contributed by atoms with van der Waals surface area (Å²) in [6.07, 6.45) is 2.42. The molecule has 0 bridgehead atoms. The lowest BCUT2D eigenvalue weighted by atomic mass is 10.2. The second-order valence-corrected chi connectivity index (χ2v) is 11.4. The number of rotatable bonds is 12. The predicted molar refractivity (Wildman–Crippen MR) is 120 cm³/mol. The fourth-order valence-electron chi connectivity index (χ4n) is 2.68. The van der Waals surface area contributed by atoms with E-state index in [0.717, 1.165) is 0 Å². The minimum atomic E-state index is -3.84. The first-order valence-electron chi connectivity index (χ1n) is 9.38. The highest BCUT2D eigenvalue weighted by atomic mass is 32.2. The number of carbonyl (C=O) groups excluding carboxylic acids is 1. The van der Waals surface area contributed by atoms with Crippen molar-refractivity contribution in [3.63, 3.8) is 0 Å². The fraction of sp³-hybridized carbons (Fsp3) is 0.350. The monoisotopic (exact) mass is 470 g/mol. The molecular formula is C20H26N2O5S3. The van der Waals surface area contributed by atoms with Gasteiger partial charge in [0.2, 0.25) is 15.9 Å². The molecule has 0 saturated carbocycles. The van der Waals surface area contributed by atoms with Crippen molar-refractivity contribution in [3.8, 4) is 0 Å². The predicted octanol–water partition coefficient (Wildman–Crippen LogP) is 2.07. The molecule has 0 aromatic heterocycles. The SMILES string of the molecule is CSCCC(NS(=O)(=O)c1ccccc1)C(=O)NCCCS(=O)(=O)c1ccccc1. The minimum Gasteiger partial charge on any atom is -0.355 e. The van der Waals surface area contributed by atoms with Crippen LogP contribution in [0.1, 0.15) is 12.8 Å². The second-order valence-electron chi connectivity index (χ2n) is 6.54. The standard InChI is InChI=1S/C20H26N2O5S3/c1-28-15-13-19(22-30(26,27)18-11-6-3-7-12-18)20(23)21-14-8-16-29(24,25)17-9-4-2-5-10-17/h2-7,9-12,19,22H,8,13-16H2,1H3,(H,21,23). The maximum Gasteiger partial charge on any atom is 0.241 e. The number of sulfone groups is 1. The normalized spacial score (nSPS) is 13.0. The summed E-state index contributed by atoms with van der Waals surface area (Å²) in [7, 11) is -7.26. The molecule has 7 nitrogen and oxygen atoms in total. The van der Waals surface area contributed by atoms with Crippen LogP contribution < -0.4 is 10.0 Å². The van der Waals surface area contributed by atoms with Gasteiger partial charge in [0.05, 0.1) is 15.5 Å². The van der Waals surface area contributed by atoms with E-state index in [1.54, 1.807) is 36.4 Å². The van der Waals surface area contributed by atoms with Gasteiger partial charge >= 0.3 is 0 Å². The molecule has 10 heteroatoms. The Balaban J connectivity index is 1.93. The molecule has 0 aliphatic carbocycles. The quantitative estimate of drug-likeness (QED) is 0.460. The van der Waals surface area contributed by atoms with E-state index < -0.39 is 31.8 Å². The van der Waals surface area contributed by atoms with E-state index in [-0.39, 0.29) is 28.5 Å². The molecule has 0 radical (unpaired) electrons. The Labute approximate surface area is 182 Å². The highest BCUT2D eigenvalue weighted by Crippen LogP contribution is 2.12. The number of thioether (sulfide) groups is 1. The Morgan fingerprint density at radius 2 is 1.50 bits per heavy atom. The van der Waals surface area contributed by atoms with Gasteiger partial charge in [-0.05, 0) is 49.1 Å². The van der Waals surface area contributed by atoms with Gasteiger partial charge in [-0.1, -0.05) is 36.4 Å². The molecule has 2 N–H and O–H groups in total. The summed E-state index contributed by atoms with van der Waals surface area (Å²) in [5.41, 5.74) is 0. The van der Waals surface area contributed by atoms with Crippen molar-refractivity contribution >= 4 is 37.5 Å². The summed E-state index contributed by atoms with van der Waals surface area (Å²) in [5, 5.41) is 2.65. The maximum atomic E-state index is 12.6. The number of sulfonamides is 1. The molecule has 0 saturated heterocycles. The van der Waals surface area contributed by atoms with Crippen LogP contribution in [0.25, 0.3) is 0 Å². The highest BCUT2D eigenvalue weighted by Gasteiger charge is 2.25. The van der Waals surface area contributed by atoms with E-state index in [4.69, 9.17) is 0 Å². The van der Waals surface area contributed by atoms with Gasteiger partial charge in [-0.2, -0.15) is 16.5 Å². The van der Waals surface area contributed by atoms with Crippen molar-refractivity contribution in [1.29, 1.82) is 0 Å². The summed E-state index contributed by atoms with van der Waals surface area (Å²) >= 11 is 1.50. The van der Waals surface area contributed by atoms with E-state index in [2.05, 4.69) is 10.0 Å². The smallest absolute Gasteiger partial charge is 0.241 e. The van der Waals surface area contributed by atoms with Crippen LogP contribution in [0.5, 0.6) is 0 Å². The molecular weight excluding hydrogens is 444 g/mol. The molecule has 2 rings (SSSR count). The summed E-state index contributed by atoms with van der Waals surface area (Å²) in [6.45, 7) is 0.133. The second kappa shape index (κ2) is 11.5. The van der Waals surface area contributed by atoms with Gasteiger partial charge < -0.3 is 5.32 Å². The zero-order valence-corrected chi connectivity index (χ0v) is 19.1. The largest absolute Gasteiger partial charge is 0.355 e. The molecule has 0 aliphatic rings. The van der Waals surface area contributed by atoms with Crippen LogP contribution in [0, 0.1) is 0 Å². The first-order valence-corrected chi connectivity index (χ1v) is 13.9. The van der Waals surface area contributed by atoms with Crippen molar-refractivity contribution in [2.24, 2.45) is 0 Å². The molecule has 0 spiro atoms. The lowest BCUT2D eigenvalue weighted by Gasteiger charge is -2.18. The van der Waals surface area contributed by atoms with Crippen molar-refractivity contribution in [2.45, 2.75) is 28.7 Å². The van der Waals surface area contributed by atoms with Crippen LogP contribution in [-0.4, -0.2) is 53.1 Å². The van der Waals surface area contributed by atoms with Gasteiger partial charge in [0.25, 0.3) is 0 Å². The molecule has 164 valence electrons. The van der Waals surface area contributed by atoms with Crippen molar-refractivity contribution < 1.29 is 21.6 Å². The van der Waals surface area contributed by atoms with E-state index in [9.17, 15) is 21.6 Å². The number of carbonyl (C=O) groups is 1. The minimum absolute atomic E-state index is 0.0842. The third-order valence-electron chi connectivity index (χ3n) is 4.27. The molecule has 0 aliphatic heterocycles. The Bertz CT molecular complexity index is 1010. The van der Waals surface area contributed by atoms with Gasteiger partial charge in [0.15, 0.2) is 9.84 Å². The molecule has 30 heavy (non-hydrogen) atoms. The van der Waals surface area contributed by atoms with Crippen LogP contribution in [-0.2, 0) is 24.7 Å². The van der Waals surface area contributed by atoms with Gasteiger partial charge in [-0.3, -0.25) is 4.79 Å². The Morgan fingerprint density at radius 1 is 0.933 bits per heavy atom. The van der Waals surface area contributed by atoms with Crippen LogP contribution in [0.15, 0.2) is 70.5 Å². The molecule has 0 fully saturated rings. The third-order valence-corrected chi connectivity index (χ3v) is 8.22.